The number of nitrogens with one attached hydrogen (secondary N) is 1. The van der Waals surface area contributed by atoms with Crippen molar-refractivity contribution in [3.63, 3.8) is 0 Å². The van der Waals surface area contributed by atoms with Crippen molar-refractivity contribution in [2.24, 2.45) is 0 Å². The maximum atomic E-state index is 12.8. The molecular weight excluding hydrogens is 356 g/mol. The van der Waals surface area contributed by atoms with Crippen LogP contribution < -0.4 is 10.9 Å². The van der Waals surface area contributed by atoms with Crippen molar-refractivity contribution in [1.82, 2.24) is 29.6 Å². The van der Waals surface area contributed by atoms with E-state index in [-0.39, 0.29) is 23.6 Å². The Morgan fingerprint density at radius 2 is 1.89 bits per heavy atom. The molecule has 0 bridgehead atoms. The van der Waals surface area contributed by atoms with Gasteiger partial charge in [0, 0.05) is 24.6 Å². The lowest BCUT2D eigenvalue weighted by Gasteiger charge is -2.11. The number of carbonyl (C=O) groups is 1. The standard InChI is InChI=1S/C20H24N6O2/c1-13-5-7-25(12-17-11-22-15(3)10-23-17)20(28)18(13)19(27)21-6-8-26-16(4)9-14(2)24-26/h5,7,9-11H,6,8,12H2,1-4H3,(H,21,27). The second-order valence-electron chi connectivity index (χ2n) is 6.86. The third-order valence-corrected chi connectivity index (χ3v) is 4.48. The summed E-state index contributed by atoms with van der Waals surface area (Å²) in [6, 6.07) is 3.74. The average Bonchev–Trinajstić information content (AvgIpc) is 2.97. The van der Waals surface area contributed by atoms with Crippen molar-refractivity contribution >= 4 is 5.91 Å². The number of pyridine rings is 1. The Balaban J connectivity index is 1.73. The van der Waals surface area contributed by atoms with Gasteiger partial charge in [-0.1, -0.05) is 0 Å². The molecule has 0 saturated heterocycles. The highest BCUT2D eigenvalue weighted by Gasteiger charge is 2.16. The molecule has 0 aliphatic carbocycles. The third-order valence-electron chi connectivity index (χ3n) is 4.48. The van der Waals surface area contributed by atoms with Crippen LogP contribution in [0.2, 0.25) is 0 Å². The van der Waals surface area contributed by atoms with E-state index in [2.05, 4.69) is 20.4 Å². The second-order valence-corrected chi connectivity index (χ2v) is 6.86. The van der Waals surface area contributed by atoms with Gasteiger partial charge in [-0.2, -0.15) is 5.10 Å². The summed E-state index contributed by atoms with van der Waals surface area (Å²) in [4.78, 5) is 33.9. The molecule has 3 rings (SSSR count). The van der Waals surface area contributed by atoms with E-state index in [1.54, 1.807) is 31.6 Å². The summed E-state index contributed by atoms with van der Waals surface area (Å²) in [6.45, 7) is 8.70. The van der Waals surface area contributed by atoms with Gasteiger partial charge in [-0.15, -0.1) is 0 Å². The summed E-state index contributed by atoms with van der Waals surface area (Å²) in [6.07, 6.45) is 4.96. The van der Waals surface area contributed by atoms with E-state index in [0.29, 0.717) is 24.3 Å². The summed E-state index contributed by atoms with van der Waals surface area (Å²) in [5, 5.41) is 7.19. The molecule has 0 fully saturated rings. The molecule has 0 aliphatic rings. The molecule has 0 spiro atoms. The predicted molar refractivity (Wildman–Crippen MR) is 105 cm³/mol. The molecule has 1 N–H and O–H groups in total. The van der Waals surface area contributed by atoms with Crippen LogP contribution >= 0.6 is 0 Å². The first kappa shape index (κ1) is 19.5. The Morgan fingerprint density at radius 3 is 2.54 bits per heavy atom. The summed E-state index contributed by atoms with van der Waals surface area (Å²) in [5.74, 6) is -0.381. The number of rotatable bonds is 6. The van der Waals surface area contributed by atoms with Crippen molar-refractivity contribution < 1.29 is 4.79 Å². The summed E-state index contributed by atoms with van der Waals surface area (Å²) in [5.41, 5.74) is 3.88. The highest BCUT2D eigenvalue weighted by Crippen LogP contribution is 2.05. The molecule has 3 aromatic heterocycles. The molecule has 0 aliphatic heterocycles. The lowest BCUT2D eigenvalue weighted by molar-refractivity contribution is 0.0949. The van der Waals surface area contributed by atoms with E-state index >= 15 is 0 Å². The molecular formula is C20H24N6O2. The molecule has 3 heterocycles. The highest BCUT2D eigenvalue weighted by molar-refractivity contribution is 5.95. The van der Waals surface area contributed by atoms with Crippen LogP contribution in [-0.2, 0) is 13.1 Å². The minimum absolute atomic E-state index is 0.149. The van der Waals surface area contributed by atoms with Crippen LogP contribution in [0.25, 0.3) is 0 Å². The van der Waals surface area contributed by atoms with Crippen LogP contribution in [0, 0.1) is 27.7 Å². The second kappa shape index (κ2) is 8.16. The fourth-order valence-electron chi connectivity index (χ4n) is 3.01. The molecule has 1 amide bonds. The summed E-state index contributed by atoms with van der Waals surface area (Å²) < 4.78 is 3.31. The smallest absolute Gasteiger partial charge is 0.264 e. The Hall–Kier alpha value is -3.29. The van der Waals surface area contributed by atoms with Gasteiger partial charge in [-0.05, 0) is 45.4 Å². The predicted octanol–water partition coefficient (Wildman–Crippen LogP) is 1.55. The van der Waals surface area contributed by atoms with Crippen LogP contribution in [-0.4, -0.2) is 36.8 Å². The van der Waals surface area contributed by atoms with Crippen LogP contribution in [0.4, 0.5) is 0 Å². The molecule has 0 unspecified atom stereocenters. The minimum atomic E-state index is -0.381. The van der Waals surface area contributed by atoms with Gasteiger partial charge in [0.05, 0.1) is 36.4 Å². The van der Waals surface area contributed by atoms with Crippen molar-refractivity contribution in [1.29, 1.82) is 0 Å². The number of aryl methyl sites for hydroxylation is 4. The largest absolute Gasteiger partial charge is 0.350 e. The first-order valence-electron chi connectivity index (χ1n) is 9.12. The Bertz CT molecular complexity index is 1050. The van der Waals surface area contributed by atoms with Gasteiger partial charge in [0.2, 0.25) is 0 Å². The Kier molecular flexibility index (Phi) is 5.67. The number of amides is 1. The van der Waals surface area contributed by atoms with Crippen LogP contribution in [0.15, 0.2) is 35.5 Å². The first-order chi connectivity index (χ1) is 13.3. The van der Waals surface area contributed by atoms with Gasteiger partial charge in [0.15, 0.2) is 0 Å². The topological polar surface area (TPSA) is 94.7 Å². The quantitative estimate of drug-likeness (QED) is 0.700. The van der Waals surface area contributed by atoms with Crippen LogP contribution in [0.1, 0.15) is 38.7 Å². The van der Waals surface area contributed by atoms with E-state index < -0.39 is 0 Å². The van der Waals surface area contributed by atoms with Gasteiger partial charge < -0.3 is 9.88 Å². The zero-order valence-electron chi connectivity index (χ0n) is 16.6. The van der Waals surface area contributed by atoms with E-state index in [9.17, 15) is 9.59 Å². The third kappa shape index (κ3) is 4.33. The van der Waals surface area contributed by atoms with Gasteiger partial charge in [0.1, 0.15) is 5.56 Å². The lowest BCUT2D eigenvalue weighted by Crippen LogP contribution is -2.35. The average molecular weight is 380 g/mol. The molecule has 0 saturated carbocycles. The molecule has 0 atom stereocenters. The molecule has 28 heavy (non-hydrogen) atoms. The van der Waals surface area contributed by atoms with E-state index in [1.165, 1.54) is 4.57 Å². The van der Waals surface area contributed by atoms with Crippen LogP contribution in [0.5, 0.6) is 0 Å². The van der Waals surface area contributed by atoms with E-state index in [4.69, 9.17) is 0 Å². The van der Waals surface area contributed by atoms with Gasteiger partial charge in [-0.3, -0.25) is 24.2 Å². The van der Waals surface area contributed by atoms with Gasteiger partial charge in [0.25, 0.3) is 11.5 Å². The molecule has 3 aromatic rings. The minimum Gasteiger partial charge on any atom is -0.350 e. The summed E-state index contributed by atoms with van der Waals surface area (Å²) in [7, 11) is 0. The van der Waals surface area contributed by atoms with Crippen molar-refractivity contribution in [3.8, 4) is 0 Å². The first-order valence-corrected chi connectivity index (χ1v) is 9.12. The fourth-order valence-corrected chi connectivity index (χ4v) is 3.01. The van der Waals surface area contributed by atoms with Crippen molar-refractivity contribution in [3.05, 3.63) is 75.0 Å². The van der Waals surface area contributed by atoms with E-state index in [0.717, 1.165) is 17.1 Å². The Labute approximate surface area is 163 Å². The number of aromatic nitrogens is 5. The fraction of sp³-hybridized carbons (Fsp3) is 0.350. The van der Waals surface area contributed by atoms with Crippen LogP contribution in [0.3, 0.4) is 0 Å². The molecule has 8 nitrogen and oxygen atoms in total. The van der Waals surface area contributed by atoms with Crippen molar-refractivity contribution in [2.45, 2.75) is 40.8 Å². The zero-order valence-corrected chi connectivity index (χ0v) is 16.6. The normalized spacial score (nSPS) is 10.9. The molecule has 0 radical (unpaired) electrons. The molecule has 8 heteroatoms. The molecule has 0 aromatic carbocycles. The Morgan fingerprint density at radius 1 is 1.11 bits per heavy atom. The number of hydrogen-bond acceptors (Lipinski definition) is 5. The molecule has 146 valence electrons. The highest BCUT2D eigenvalue weighted by atomic mass is 16.2. The van der Waals surface area contributed by atoms with Crippen molar-refractivity contribution in [2.75, 3.05) is 6.54 Å². The van der Waals surface area contributed by atoms with Gasteiger partial charge in [-0.25, -0.2) is 0 Å². The number of carbonyl (C=O) groups excluding carboxylic acids is 1. The van der Waals surface area contributed by atoms with E-state index in [1.807, 2.05) is 31.5 Å². The maximum absolute atomic E-state index is 12.8. The van der Waals surface area contributed by atoms with Gasteiger partial charge >= 0.3 is 0 Å². The summed E-state index contributed by atoms with van der Waals surface area (Å²) >= 11 is 0. The number of nitrogens with zero attached hydrogens (tertiary/aromatic N) is 5. The monoisotopic (exact) mass is 380 g/mol. The lowest BCUT2D eigenvalue weighted by atomic mass is 10.1. The number of hydrogen-bond donors (Lipinski definition) is 1. The maximum Gasteiger partial charge on any atom is 0.264 e. The SMILES string of the molecule is Cc1cnc(Cn2ccc(C)c(C(=O)NCCn3nc(C)cc3C)c2=O)cn1. The zero-order chi connectivity index (χ0) is 20.3.